The SMILES string of the molecule is O=S12(c3ccccc3-c3ccccc31)c1ccccc1-c1cc(N3c4ccccc4Oc4ccccc43)ccc12. The van der Waals surface area contributed by atoms with Crippen LogP contribution >= 0.6 is 0 Å². The molecule has 4 heteroatoms. The normalized spacial score (nSPS) is 16.8. The van der Waals surface area contributed by atoms with Crippen molar-refractivity contribution >= 4 is 26.1 Å². The minimum atomic E-state index is -3.83. The van der Waals surface area contributed by atoms with Crippen LogP contribution in [0, 0.1) is 0 Å². The van der Waals surface area contributed by atoms with Gasteiger partial charge in [0.25, 0.3) is 0 Å². The third-order valence-electron chi connectivity index (χ3n) is 8.57. The van der Waals surface area contributed by atoms with Gasteiger partial charge in [-0.25, -0.2) is 0 Å². The third-order valence-corrected chi connectivity index (χ3v) is 13.4. The van der Waals surface area contributed by atoms with Crippen LogP contribution < -0.4 is 9.64 Å². The molecule has 9 rings (SSSR count). The van der Waals surface area contributed by atoms with E-state index in [2.05, 4.69) is 71.6 Å². The van der Waals surface area contributed by atoms with Crippen LogP contribution in [-0.4, -0.2) is 4.21 Å². The Hall–Kier alpha value is -4.93. The van der Waals surface area contributed by atoms with Crippen LogP contribution in [0.4, 0.5) is 17.1 Å². The molecule has 3 heterocycles. The van der Waals surface area contributed by atoms with Gasteiger partial charge in [-0.15, -0.1) is 0 Å². The van der Waals surface area contributed by atoms with E-state index in [0.29, 0.717) is 0 Å². The van der Waals surface area contributed by atoms with Gasteiger partial charge < -0.3 is 9.64 Å². The van der Waals surface area contributed by atoms with Crippen molar-refractivity contribution in [3.63, 3.8) is 0 Å². The average Bonchev–Trinajstić information content (AvgIpc) is 3.40. The van der Waals surface area contributed by atoms with E-state index in [1.165, 1.54) is 0 Å². The summed E-state index contributed by atoms with van der Waals surface area (Å²) in [6, 6.07) is 47.4. The fourth-order valence-corrected chi connectivity index (χ4v) is 12.1. The number of ether oxygens (including phenoxy) is 1. The first kappa shape index (κ1) is 21.9. The Labute approximate surface area is 232 Å². The lowest BCUT2D eigenvalue weighted by atomic mass is 10.0. The van der Waals surface area contributed by atoms with Gasteiger partial charge in [-0.3, -0.25) is 4.21 Å². The molecule has 0 radical (unpaired) electrons. The lowest BCUT2D eigenvalue weighted by Crippen LogP contribution is -2.30. The Morgan fingerprint density at radius 2 is 0.875 bits per heavy atom. The zero-order valence-electron chi connectivity index (χ0n) is 21.5. The first-order valence-corrected chi connectivity index (χ1v) is 15.4. The summed E-state index contributed by atoms with van der Waals surface area (Å²) in [7, 11) is -3.83. The molecule has 3 aliphatic heterocycles. The van der Waals surface area contributed by atoms with Gasteiger partial charge in [0.1, 0.15) is 0 Å². The second-order valence-electron chi connectivity index (χ2n) is 10.5. The van der Waals surface area contributed by atoms with E-state index in [9.17, 15) is 0 Å². The van der Waals surface area contributed by atoms with Gasteiger partial charge in [0.15, 0.2) is 11.5 Å². The van der Waals surface area contributed by atoms with Gasteiger partial charge in [0, 0.05) is 39.9 Å². The molecule has 190 valence electrons. The molecule has 0 saturated carbocycles. The van der Waals surface area contributed by atoms with Crippen molar-refractivity contribution in [2.24, 2.45) is 0 Å². The smallest absolute Gasteiger partial charge is 0.151 e. The van der Waals surface area contributed by atoms with Crippen molar-refractivity contribution in [1.82, 2.24) is 0 Å². The Morgan fingerprint density at radius 1 is 0.450 bits per heavy atom. The number of anilines is 3. The number of rotatable bonds is 1. The molecule has 1 spiro atoms. The van der Waals surface area contributed by atoms with Crippen molar-refractivity contribution in [2.45, 2.75) is 19.6 Å². The topological polar surface area (TPSA) is 29.5 Å². The zero-order chi connectivity index (χ0) is 26.5. The van der Waals surface area contributed by atoms with Crippen LogP contribution in [0.25, 0.3) is 22.3 Å². The van der Waals surface area contributed by atoms with E-state index in [4.69, 9.17) is 4.74 Å². The molecule has 0 atom stereocenters. The van der Waals surface area contributed by atoms with Crippen LogP contribution in [-0.2, 0) is 9.07 Å². The molecule has 0 bridgehead atoms. The molecule has 0 aromatic heterocycles. The van der Waals surface area contributed by atoms with E-state index in [-0.39, 0.29) is 0 Å². The van der Waals surface area contributed by atoms with E-state index < -0.39 is 9.07 Å². The average molecular weight is 534 g/mol. The summed E-state index contributed by atoms with van der Waals surface area (Å²) in [6.07, 6.45) is 0. The van der Waals surface area contributed by atoms with Crippen molar-refractivity contribution < 1.29 is 8.95 Å². The maximum Gasteiger partial charge on any atom is 0.151 e. The first-order chi connectivity index (χ1) is 19.7. The van der Waals surface area contributed by atoms with Crippen molar-refractivity contribution in [3.05, 3.63) is 140 Å². The Morgan fingerprint density at radius 3 is 1.43 bits per heavy atom. The Kier molecular flexibility index (Phi) is 4.05. The molecule has 3 nitrogen and oxygen atoms in total. The van der Waals surface area contributed by atoms with Crippen LogP contribution in [0.3, 0.4) is 0 Å². The molecule has 0 saturated heterocycles. The van der Waals surface area contributed by atoms with Gasteiger partial charge in [0.05, 0.1) is 11.4 Å². The Balaban J connectivity index is 1.38. The highest BCUT2D eigenvalue weighted by molar-refractivity contribution is 8.21. The van der Waals surface area contributed by atoms with Crippen molar-refractivity contribution in [1.29, 1.82) is 0 Å². The number of fused-ring (bicyclic) bond motifs is 12. The van der Waals surface area contributed by atoms with Crippen LogP contribution in [0.1, 0.15) is 0 Å². The largest absolute Gasteiger partial charge is 0.453 e. The summed E-state index contributed by atoms with van der Waals surface area (Å²) in [5.41, 5.74) is 7.10. The van der Waals surface area contributed by atoms with Crippen LogP contribution in [0.2, 0.25) is 0 Å². The van der Waals surface area contributed by atoms with Crippen molar-refractivity contribution in [3.8, 4) is 33.8 Å². The molecule has 6 aromatic carbocycles. The fraction of sp³-hybridized carbons (Fsp3) is 0. The summed E-state index contributed by atoms with van der Waals surface area (Å²) in [5.74, 6) is 1.62. The number of hydrogen-bond donors (Lipinski definition) is 0. The third kappa shape index (κ3) is 2.40. The highest BCUT2D eigenvalue weighted by atomic mass is 32.3. The summed E-state index contributed by atoms with van der Waals surface area (Å²) in [5, 5.41) is 0. The summed E-state index contributed by atoms with van der Waals surface area (Å²) < 4.78 is 22.8. The molecule has 0 unspecified atom stereocenters. The number of para-hydroxylation sites is 4. The number of benzene rings is 6. The maximum absolute atomic E-state index is 16.5. The molecule has 3 aliphatic rings. The minimum Gasteiger partial charge on any atom is -0.453 e. The van der Waals surface area contributed by atoms with E-state index in [0.717, 1.165) is 70.4 Å². The summed E-state index contributed by atoms with van der Waals surface area (Å²) >= 11 is 0. The van der Waals surface area contributed by atoms with Gasteiger partial charge >= 0.3 is 0 Å². The fourth-order valence-electron chi connectivity index (χ4n) is 6.99. The molecular formula is C36H23NO2S. The number of nitrogens with zero attached hydrogens (tertiary/aromatic N) is 1. The van der Waals surface area contributed by atoms with Gasteiger partial charge in [-0.2, -0.15) is 0 Å². The first-order valence-electron chi connectivity index (χ1n) is 13.4. The summed E-state index contributed by atoms with van der Waals surface area (Å²) in [6.45, 7) is 0. The van der Waals surface area contributed by atoms with Gasteiger partial charge in [-0.05, 0) is 77.4 Å². The molecule has 6 aromatic rings. The van der Waals surface area contributed by atoms with Gasteiger partial charge in [-0.1, -0.05) is 78.9 Å². The molecule has 0 N–H and O–H groups in total. The predicted octanol–water partition coefficient (Wildman–Crippen LogP) is 9.58. The Bertz CT molecular complexity index is 2030. The van der Waals surface area contributed by atoms with Crippen molar-refractivity contribution in [2.75, 3.05) is 4.90 Å². The quantitative estimate of drug-likeness (QED) is 0.210. The zero-order valence-corrected chi connectivity index (χ0v) is 22.3. The summed E-state index contributed by atoms with van der Waals surface area (Å²) in [4.78, 5) is 5.83. The predicted molar refractivity (Wildman–Crippen MR) is 160 cm³/mol. The standard InChI is InChI=1S/C36H23NO2S/c38-40(33-18-8-1-11-25(33)26-12-2-9-19-34(26)40)35-20-10-3-13-27(35)28-23-24(21-22-36(28)40)37-29-14-4-6-16-31(29)39-32-17-7-5-15-30(32)37/h1-23H. The van der Waals surface area contributed by atoms with E-state index >= 15 is 4.21 Å². The van der Waals surface area contributed by atoms with Crippen LogP contribution in [0.5, 0.6) is 11.5 Å². The minimum absolute atomic E-state index is 0.810. The lowest BCUT2D eigenvalue weighted by Gasteiger charge is -2.39. The molecule has 0 fully saturated rings. The molecule has 0 amide bonds. The second-order valence-corrected chi connectivity index (χ2v) is 14.1. The molecule has 40 heavy (non-hydrogen) atoms. The lowest BCUT2D eigenvalue weighted by molar-refractivity contribution is 0.477. The maximum atomic E-state index is 16.5. The second kappa shape index (κ2) is 7.38. The molecule has 0 aliphatic carbocycles. The molecular weight excluding hydrogens is 510 g/mol. The number of hydrogen-bond acceptors (Lipinski definition) is 3. The monoisotopic (exact) mass is 533 g/mol. The highest BCUT2D eigenvalue weighted by Crippen LogP contribution is 2.71. The van der Waals surface area contributed by atoms with Crippen LogP contribution in [0.15, 0.2) is 159 Å². The van der Waals surface area contributed by atoms with Gasteiger partial charge in [0.2, 0.25) is 0 Å². The van der Waals surface area contributed by atoms with E-state index in [1.807, 2.05) is 72.8 Å². The highest BCUT2D eigenvalue weighted by Gasteiger charge is 2.57. The van der Waals surface area contributed by atoms with E-state index in [1.54, 1.807) is 0 Å².